The van der Waals surface area contributed by atoms with E-state index >= 15 is 0 Å². The Morgan fingerprint density at radius 3 is 2.65 bits per heavy atom. The molecule has 0 atom stereocenters. The van der Waals surface area contributed by atoms with Crippen molar-refractivity contribution in [2.75, 3.05) is 11.5 Å². The van der Waals surface area contributed by atoms with Crippen molar-refractivity contribution in [2.45, 2.75) is 23.5 Å². The Hall–Kier alpha value is -0.860. The predicted octanol–water partition coefficient (Wildman–Crippen LogP) is 2.63. The first-order valence-electron chi connectivity index (χ1n) is 6.02. The van der Waals surface area contributed by atoms with E-state index in [1.54, 1.807) is 30.6 Å². The molecule has 2 rings (SSSR count). The zero-order chi connectivity index (χ0) is 14.6. The summed E-state index contributed by atoms with van der Waals surface area (Å²) in [5.41, 5.74) is 0. The molecule has 20 heavy (non-hydrogen) atoms. The molecule has 0 aliphatic heterocycles. The highest BCUT2D eigenvalue weighted by Gasteiger charge is 2.15. The van der Waals surface area contributed by atoms with Gasteiger partial charge in [-0.05, 0) is 31.2 Å². The minimum Gasteiger partial charge on any atom is -0.309 e. The number of aryl methyl sites for hydroxylation is 1. The van der Waals surface area contributed by atoms with Gasteiger partial charge in [-0.25, -0.2) is 8.42 Å². The van der Waals surface area contributed by atoms with Gasteiger partial charge in [-0.3, -0.25) is 0 Å². The Kier molecular flexibility index (Phi) is 5.22. The predicted molar refractivity (Wildman–Crippen MR) is 82.6 cm³/mol. The highest BCUT2D eigenvalue weighted by Crippen LogP contribution is 2.19. The van der Waals surface area contributed by atoms with E-state index in [1.165, 1.54) is 11.8 Å². The Morgan fingerprint density at radius 2 is 2.00 bits per heavy atom. The van der Waals surface area contributed by atoms with Crippen molar-refractivity contribution in [3.63, 3.8) is 0 Å². The van der Waals surface area contributed by atoms with Gasteiger partial charge in [0.05, 0.1) is 10.6 Å². The fourth-order valence-electron chi connectivity index (χ4n) is 1.58. The van der Waals surface area contributed by atoms with E-state index in [0.29, 0.717) is 10.6 Å². The second kappa shape index (κ2) is 6.73. The number of nitrogens with zero attached hydrogens (tertiary/aromatic N) is 3. The van der Waals surface area contributed by atoms with Gasteiger partial charge in [0.15, 0.2) is 15.0 Å². The summed E-state index contributed by atoms with van der Waals surface area (Å²) in [6.07, 6.45) is 1.64. The molecule has 0 unspecified atom stereocenters. The number of rotatable bonds is 6. The Balaban J connectivity index is 1.98. The third kappa shape index (κ3) is 3.83. The summed E-state index contributed by atoms with van der Waals surface area (Å²) in [5, 5.41) is 8.53. The summed E-state index contributed by atoms with van der Waals surface area (Å²) < 4.78 is 27.1. The first-order valence-corrected chi connectivity index (χ1v) is 9.45. The molecule has 108 valence electrons. The second-order valence-corrected chi connectivity index (χ2v) is 8.11. The average Bonchev–Trinajstić information content (AvgIpc) is 2.86. The standard InChI is InChI=1S/C12H14BrN3O2S2/c1-2-16-9-14-15-12(16)19-7-8-20(17,18)11-5-3-10(13)4-6-11/h3-6,9H,2,7-8H2,1H3. The van der Waals surface area contributed by atoms with Crippen molar-refractivity contribution in [3.8, 4) is 0 Å². The number of sulfone groups is 1. The molecule has 0 radical (unpaired) electrons. The maximum absolute atomic E-state index is 12.2. The molecule has 0 aliphatic rings. The maximum atomic E-state index is 12.2. The van der Waals surface area contributed by atoms with Crippen LogP contribution in [0.1, 0.15) is 6.92 Å². The number of benzene rings is 1. The molecular weight excluding hydrogens is 362 g/mol. The van der Waals surface area contributed by atoms with Crippen LogP contribution >= 0.6 is 27.7 Å². The highest BCUT2D eigenvalue weighted by atomic mass is 79.9. The van der Waals surface area contributed by atoms with Gasteiger partial charge in [-0.2, -0.15) is 0 Å². The molecule has 1 aromatic heterocycles. The van der Waals surface area contributed by atoms with Crippen molar-refractivity contribution in [2.24, 2.45) is 0 Å². The summed E-state index contributed by atoms with van der Waals surface area (Å²) >= 11 is 4.69. The van der Waals surface area contributed by atoms with Crippen LogP contribution in [0.3, 0.4) is 0 Å². The molecule has 0 bridgehead atoms. The van der Waals surface area contributed by atoms with Crippen LogP contribution in [0.5, 0.6) is 0 Å². The van der Waals surface area contributed by atoms with Crippen molar-refractivity contribution in [3.05, 3.63) is 35.1 Å². The molecule has 0 saturated carbocycles. The van der Waals surface area contributed by atoms with E-state index < -0.39 is 9.84 Å². The van der Waals surface area contributed by atoms with Gasteiger partial charge in [-0.1, -0.05) is 27.7 Å². The summed E-state index contributed by atoms with van der Waals surface area (Å²) in [6, 6.07) is 6.68. The van der Waals surface area contributed by atoms with Gasteiger partial charge in [-0.15, -0.1) is 10.2 Å². The van der Waals surface area contributed by atoms with Crippen molar-refractivity contribution >= 4 is 37.5 Å². The lowest BCUT2D eigenvalue weighted by Gasteiger charge is -2.05. The first kappa shape index (κ1) is 15.5. The molecule has 5 nitrogen and oxygen atoms in total. The highest BCUT2D eigenvalue weighted by molar-refractivity contribution is 9.10. The van der Waals surface area contributed by atoms with E-state index in [1.807, 2.05) is 11.5 Å². The molecule has 0 fully saturated rings. The molecule has 0 aliphatic carbocycles. The Labute approximate surface area is 130 Å². The third-order valence-corrected chi connectivity index (χ3v) is 6.18. The SMILES string of the molecule is CCn1cnnc1SCCS(=O)(=O)c1ccc(Br)cc1. The number of hydrogen-bond donors (Lipinski definition) is 0. The zero-order valence-corrected chi connectivity index (χ0v) is 14.1. The average molecular weight is 376 g/mol. The summed E-state index contributed by atoms with van der Waals surface area (Å²) in [6.45, 7) is 2.76. The largest absolute Gasteiger partial charge is 0.309 e. The quantitative estimate of drug-likeness (QED) is 0.726. The molecular formula is C12H14BrN3O2S2. The molecule has 8 heteroatoms. The van der Waals surface area contributed by atoms with Gasteiger partial charge in [0.2, 0.25) is 0 Å². The van der Waals surface area contributed by atoms with Crippen LogP contribution in [0.15, 0.2) is 45.1 Å². The first-order chi connectivity index (χ1) is 9.53. The fraction of sp³-hybridized carbons (Fsp3) is 0.333. The van der Waals surface area contributed by atoms with Gasteiger partial charge < -0.3 is 4.57 Å². The lowest BCUT2D eigenvalue weighted by atomic mass is 10.4. The molecule has 2 aromatic rings. The number of hydrogen-bond acceptors (Lipinski definition) is 5. The van der Waals surface area contributed by atoms with E-state index in [2.05, 4.69) is 26.1 Å². The van der Waals surface area contributed by atoms with Crippen LogP contribution in [-0.2, 0) is 16.4 Å². The lowest BCUT2D eigenvalue weighted by molar-refractivity contribution is 0.597. The molecule has 0 saturated heterocycles. The van der Waals surface area contributed by atoms with E-state index in [9.17, 15) is 8.42 Å². The number of aromatic nitrogens is 3. The Bertz CT molecular complexity index is 668. The maximum Gasteiger partial charge on any atom is 0.191 e. The molecule has 0 spiro atoms. The van der Waals surface area contributed by atoms with Crippen LogP contribution in [-0.4, -0.2) is 34.7 Å². The third-order valence-electron chi connectivity index (χ3n) is 2.68. The van der Waals surface area contributed by atoms with E-state index in [-0.39, 0.29) is 5.75 Å². The lowest BCUT2D eigenvalue weighted by Crippen LogP contribution is -2.09. The fourth-order valence-corrected chi connectivity index (χ4v) is 4.47. The topological polar surface area (TPSA) is 64.8 Å². The van der Waals surface area contributed by atoms with Crippen LogP contribution < -0.4 is 0 Å². The normalized spacial score (nSPS) is 11.7. The minimum atomic E-state index is -3.25. The van der Waals surface area contributed by atoms with Crippen LogP contribution in [0.4, 0.5) is 0 Å². The van der Waals surface area contributed by atoms with Gasteiger partial charge in [0.1, 0.15) is 6.33 Å². The summed E-state index contributed by atoms with van der Waals surface area (Å²) in [7, 11) is -3.25. The molecule has 0 amide bonds. The van der Waals surface area contributed by atoms with Gasteiger partial charge in [0.25, 0.3) is 0 Å². The van der Waals surface area contributed by atoms with Gasteiger partial charge in [0, 0.05) is 16.8 Å². The van der Waals surface area contributed by atoms with Crippen molar-refractivity contribution < 1.29 is 8.42 Å². The van der Waals surface area contributed by atoms with Crippen LogP contribution in [0, 0.1) is 0 Å². The van der Waals surface area contributed by atoms with E-state index in [0.717, 1.165) is 16.2 Å². The van der Waals surface area contributed by atoms with Crippen LogP contribution in [0.25, 0.3) is 0 Å². The smallest absolute Gasteiger partial charge is 0.191 e. The van der Waals surface area contributed by atoms with Crippen LogP contribution in [0.2, 0.25) is 0 Å². The molecule has 1 aromatic carbocycles. The van der Waals surface area contributed by atoms with Crippen molar-refractivity contribution in [1.29, 1.82) is 0 Å². The molecule has 0 N–H and O–H groups in total. The monoisotopic (exact) mass is 375 g/mol. The zero-order valence-electron chi connectivity index (χ0n) is 10.9. The summed E-state index contributed by atoms with van der Waals surface area (Å²) in [4.78, 5) is 0.346. The number of thioether (sulfide) groups is 1. The second-order valence-electron chi connectivity index (χ2n) is 4.02. The summed E-state index contributed by atoms with van der Waals surface area (Å²) in [5.74, 6) is 0.535. The number of halogens is 1. The van der Waals surface area contributed by atoms with E-state index in [4.69, 9.17) is 0 Å². The van der Waals surface area contributed by atoms with Crippen molar-refractivity contribution in [1.82, 2.24) is 14.8 Å². The van der Waals surface area contributed by atoms with Gasteiger partial charge >= 0.3 is 0 Å². The minimum absolute atomic E-state index is 0.0792. The Morgan fingerprint density at radius 1 is 1.30 bits per heavy atom. The molecule has 1 heterocycles.